The van der Waals surface area contributed by atoms with E-state index < -0.39 is 0 Å². The molecule has 2 aliphatic rings. The van der Waals surface area contributed by atoms with Gasteiger partial charge in [0.05, 0.1) is 13.2 Å². The van der Waals surface area contributed by atoms with E-state index in [0.29, 0.717) is 51.7 Å². The molecule has 7 nitrogen and oxygen atoms in total. The summed E-state index contributed by atoms with van der Waals surface area (Å²) in [6, 6.07) is 5.25. The Kier molecular flexibility index (Phi) is 7.62. The van der Waals surface area contributed by atoms with Crippen molar-refractivity contribution < 1.29 is 23.5 Å². The summed E-state index contributed by atoms with van der Waals surface area (Å²) in [7, 11) is 0. The molecule has 1 atom stereocenters. The SMILES string of the molecule is Cl.O=C(COc1ccc(F)cc1)N1CCN(C(=O)C2COCCN2)CC1. The van der Waals surface area contributed by atoms with Crippen molar-refractivity contribution in [2.24, 2.45) is 0 Å². The monoisotopic (exact) mass is 387 g/mol. The number of halogens is 2. The minimum absolute atomic E-state index is 0. The van der Waals surface area contributed by atoms with Crippen molar-refractivity contribution in [3.63, 3.8) is 0 Å². The zero-order valence-corrected chi connectivity index (χ0v) is 15.2. The first-order valence-electron chi connectivity index (χ1n) is 8.39. The molecule has 1 unspecified atom stereocenters. The quantitative estimate of drug-likeness (QED) is 0.804. The Morgan fingerprint density at radius 1 is 1.15 bits per heavy atom. The Bertz CT molecular complexity index is 603. The zero-order valence-electron chi connectivity index (χ0n) is 14.4. The highest BCUT2D eigenvalue weighted by Gasteiger charge is 2.30. The first kappa shape index (κ1) is 20.4. The summed E-state index contributed by atoms with van der Waals surface area (Å²) in [4.78, 5) is 28.0. The van der Waals surface area contributed by atoms with Gasteiger partial charge in [-0.1, -0.05) is 0 Å². The summed E-state index contributed by atoms with van der Waals surface area (Å²) in [5.74, 6) is -0.0193. The van der Waals surface area contributed by atoms with Crippen LogP contribution in [-0.4, -0.2) is 80.2 Å². The van der Waals surface area contributed by atoms with Crippen LogP contribution in [0.3, 0.4) is 0 Å². The van der Waals surface area contributed by atoms with Crippen molar-refractivity contribution in [1.29, 1.82) is 0 Å². The molecule has 0 aliphatic carbocycles. The number of carbonyl (C=O) groups is 2. The molecule has 1 aromatic carbocycles. The van der Waals surface area contributed by atoms with Gasteiger partial charge in [0.1, 0.15) is 17.6 Å². The molecule has 26 heavy (non-hydrogen) atoms. The molecule has 0 radical (unpaired) electrons. The van der Waals surface area contributed by atoms with Crippen molar-refractivity contribution in [1.82, 2.24) is 15.1 Å². The van der Waals surface area contributed by atoms with Crippen LogP contribution < -0.4 is 10.1 Å². The van der Waals surface area contributed by atoms with Gasteiger partial charge < -0.3 is 24.6 Å². The molecule has 144 valence electrons. The van der Waals surface area contributed by atoms with E-state index in [-0.39, 0.29) is 42.7 Å². The molecular formula is C17H23ClFN3O4. The minimum Gasteiger partial charge on any atom is -0.484 e. The first-order chi connectivity index (χ1) is 12.1. The fraction of sp³-hybridized carbons (Fsp3) is 0.529. The van der Waals surface area contributed by atoms with Gasteiger partial charge in [-0.15, -0.1) is 12.4 Å². The number of hydrogen-bond donors (Lipinski definition) is 1. The van der Waals surface area contributed by atoms with E-state index in [2.05, 4.69) is 5.32 Å². The highest BCUT2D eigenvalue weighted by Crippen LogP contribution is 2.12. The Balaban J connectivity index is 0.00000243. The summed E-state index contributed by atoms with van der Waals surface area (Å²) < 4.78 is 23.5. The fourth-order valence-corrected chi connectivity index (χ4v) is 2.89. The van der Waals surface area contributed by atoms with E-state index in [0.717, 1.165) is 0 Å². The van der Waals surface area contributed by atoms with Crippen molar-refractivity contribution in [3.05, 3.63) is 30.1 Å². The molecular weight excluding hydrogens is 365 g/mol. The number of nitrogens with one attached hydrogen (secondary N) is 1. The summed E-state index contributed by atoms with van der Waals surface area (Å²) in [5, 5.41) is 3.15. The summed E-state index contributed by atoms with van der Waals surface area (Å²) >= 11 is 0. The fourth-order valence-electron chi connectivity index (χ4n) is 2.89. The van der Waals surface area contributed by atoms with Gasteiger partial charge in [0.15, 0.2) is 6.61 Å². The van der Waals surface area contributed by atoms with Crippen LogP contribution in [-0.2, 0) is 14.3 Å². The molecule has 2 saturated heterocycles. The maximum Gasteiger partial charge on any atom is 0.260 e. The lowest BCUT2D eigenvalue weighted by molar-refractivity contribution is -0.143. The highest BCUT2D eigenvalue weighted by molar-refractivity contribution is 5.85. The predicted molar refractivity (Wildman–Crippen MR) is 94.9 cm³/mol. The second-order valence-corrected chi connectivity index (χ2v) is 6.03. The summed E-state index contributed by atoms with van der Waals surface area (Å²) in [6.07, 6.45) is 0. The molecule has 2 heterocycles. The molecule has 0 saturated carbocycles. The number of benzene rings is 1. The average molecular weight is 388 g/mol. The number of ether oxygens (including phenoxy) is 2. The highest BCUT2D eigenvalue weighted by atomic mass is 35.5. The third-order valence-electron chi connectivity index (χ3n) is 4.34. The molecule has 0 aromatic heterocycles. The van der Waals surface area contributed by atoms with Gasteiger partial charge in [-0.2, -0.15) is 0 Å². The normalized spacial score (nSPS) is 20.3. The number of carbonyl (C=O) groups excluding carboxylic acids is 2. The van der Waals surface area contributed by atoms with Gasteiger partial charge in [0, 0.05) is 32.7 Å². The van der Waals surface area contributed by atoms with E-state index in [1.165, 1.54) is 24.3 Å². The number of morpholine rings is 1. The van der Waals surface area contributed by atoms with Gasteiger partial charge in [-0.05, 0) is 24.3 Å². The van der Waals surface area contributed by atoms with Gasteiger partial charge in [-0.25, -0.2) is 4.39 Å². The second-order valence-electron chi connectivity index (χ2n) is 6.03. The Labute approximate surface area is 157 Å². The van der Waals surface area contributed by atoms with E-state index >= 15 is 0 Å². The number of piperazine rings is 1. The topological polar surface area (TPSA) is 71.1 Å². The zero-order chi connectivity index (χ0) is 17.6. The maximum atomic E-state index is 12.8. The van der Waals surface area contributed by atoms with Crippen LogP contribution >= 0.6 is 12.4 Å². The van der Waals surface area contributed by atoms with Crippen LogP contribution in [0.25, 0.3) is 0 Å². The minimum atomic E-state index is -0.350. The van der Waals surface area contributed by atoms with Gasteiger partial charge in [0.25, 0.3) is 5.91 Å². The molecule has 2 aliphatic heterocycles. The third kappa shape index (κ3) is 5.30. The lowest BCUT2D eigenvalue weighted by Crippen LogP contribution is -2.58. The first-order valence-corrected chi connectivity index (χ1v) is 8.39. The molecule has 3 rings (SSSR count). The van der Waals surface area contributed by atoms with Crippen molar-refractivity contribution in [2.75, 3.05) is 52.5 Å². The molecule has 1 N–H and O–H groups in total. The number of hydrogen-bond acceptors (Lipinski definition) is 5. The van der Waals surface area contributed by atoms with E-state index in [9.17, 15) is 14.0 Å². The molecule has 0 bridgehead atoms. The van der Waals surface area contributed by atoms with Gasteiger partial charge in [0.2, 0.25) is 5.91 Å². The van der Waals surface area contributed by atoms with E-state index in [4.69, 9.17) is 9.47 Å². The van der Waals surface area contributed by atoms with E-state index in [1.807, 2.05) is 0 Å². The molecule has 2 fully saturated rings. The predicted octanol–water partition coefficient (Wildman–Crippen LogP) is 0.286. The standard InChI is InChI=1S/C17H22FN3O4.ClH/c18-13-1-3-14(4-2-13)25-12-16(22)20-6-8-21(9-7-20)17(23)15-11-24-10-5-19-15;/h1-4,15,19H,5-12H2;1H. The summed E-state index contributed by atoms with van der Waals surface area (Å²) in [5.41, 5.74) is 0. The molecule has 9 heteroatoms. The van der Waals surface area contributed by atoms with Crippen molar-refractivity contribution in [3.8, 4) is 5.75 Å². The number of amides is 2. The van der Waals surface area contributed by atoms with Crippen LogP contribution in [0.1, 0.15) is 0 Å². The van der Waals surface area contributed by atoms with Crippen LogP contribution in [0.15, 0.2) is 24.3 Å². The number of rotatable bonds is 4. The summed E-state index contributed by atoms with van der Waals surface area (Å²) in [6.45, 7) is 3.55. The second kappa shape index (κ2) is 9.70. The van der Waals surface area contributed by atoms with Crippen LogP contribution in [0.2, 0.25) is 0 Å². The molecule has 2 amide bonds. The van der Waals surface area contributed by atoms with Crippen molar-refractivity contribution >= 4 is 24.2 Å². The Morgan fingerprint density at radius 3 is 2.42 bits per heavy atom. The average Bonchev–Trinajstić information content (AvgIpc) is 2.67. The lowest BCUT2D eigenvalue weighted by atomic mass is 10.2. The lowest BCUT2D eigenvalue weighted by Gasteiger charge is -2.37. The van der Waals surface area contributed by atoms with Gasteiger partial charge >= 0.3 is 0 Å². The third-order valence-corrected chi connectivity index (χ3v) is 4.34. The number of nitrogens with zero attached hydrogens (tertiary/aromatic N) is 2. The Hall–Kier alpha value is -1.90. The van der Waals surface area contributed by atoms with Gasteiger partial charge in [-0.3, -0.25) is 9.59 Å². The van der Waals surface area contributed by atoms with Crippen molar-refractivity contribution in [2.45, 2.75) is 6.04 Å². The largest absolute Gasteiger partial charge is 0.484 e. The smallest absolute Gasteiger partial charge is 0.260 e. The van der Waals surface area contributed by atoms with E-state index in [1.54, 1.807) is 9.80 Å². The van der Waals surface area contributed by atoms with Crippen LogP contribution in [0.4, 0.5) is 4.39 Å². The Morgan fingerprint density at radius 2 is 1.81 bits per heavy atom. The van der Waals surface area contributed by atoms with Crippen LogP contribution in [0, 0.1) is 5.82 Å². The maximum absolute atomic E-state index is 12.8. The molecule has 0 spiro atoms. The molecule has 1 aromatic rings. The van der Waals surface area contributed by atoms with Crippen LogP contribution in [0.5, 0.6) is 5.75 Å².